The van der Waals surface area contributed by atoms with Gasteiger partial charge in [-0.25, -0.2) is 0 Å². The van der Waals surface area contributed by atoms with Crippen LogP contribution in [0, 0.1) is 5.92 Å². The molecule has 0 bridgehead atoms. The Balaban J connectivity index is 1.67. The van der Waals surface area contributed by atoms with Crippen LogP contribution in [0.15, 0.2) is 0 Å². The maximum absolute atomic E-state index is 10.3. The van der Waals surface area contributed by atoms with Crippen molar-refractivity contribution in [3.8, 4) is 0 Å². The van der Waals surface area contributed by atoms with Crippen molar-refractivity contribution in [3.63, 3.8) is 0 Å². The first kappa shape index (κ1) is 16.2. The number of morpholine rings is 1. The second kappa shape index (κ2) is 7.71. The van der Waals surface area contributed by atoms with Gasteiger partial charge in [0.1, 0.15) is 0 Å². The fourth-order valence-electron chi connectivity index (χ4n) is 3.39. The van der Waals surface area contributed by atoms with Crippen molar-refractivity contribution in [2.24, 2.45) is 5.92 Å². The molecule has 0 amide bonds. The lowest BCUT2D eigenvalue weighted by atomic mass is 10.1. The third kappa shape index (κ3) is 5.30. The highest BCUT2D eigenvalue weighted by Crippen LogP contribution is 2.14. The molecule has 20 heavy (non-hydrogen) atoms. The van der Waals surface area contributed by atoms with Crippen LogP contribution in [0.25, 0.3) is 0 Å². The van der Waals surface area contributed by atoms with E-state index in [0.29, 0.717) is 5.92 Å². The minimum Gasteiger partial charge on any atom is -0.390 e. The lowest BCUT2D eigenvalue weighted by Gasteiger charge is -2.36. The summed E-state index contributed by atoms with van der Waals surface area (Å²) in [7, 11) is 2.09. The fourth-order valence-corrected chi connectivity index (χ4v) is 3.39. The van der Waals surface area contributed by atoms with Crippen molar-refractivity contribution in [1.82, 2.24) is 9.80 Å². The summed E-state index contributed by atoms with van der Waals surface area (Å²) in [5, 5.41) is 10.3. The molecule has 2 rings (SSSR count). The maximum atomic E-state index is 10.3. The van der Waals surface area contributed by atoms with Crippen LogP contribution in [0.3, 0.4) is 0 Å². The molecule has 5 heteroatoms. The van der Waals surface area contributed by atoms with Crippen molar-refractivity contribution in [3.05, 3.63) is 0 Å². The van der Waals surface area contributed by atoms with E-state index in [-0.39, 0.29) is 18.3 Å². The number of β-amino-alcohol motifs (C(OH)–C–C–N with tert-alkyl or cyclic N) is 1. The predicted molar refractivity (Wildman–Crippen MR) is 78.9 cm³/mol. The minimum absolute atomic E-state index is 0.263. The third-order valence-corrected chi connectivity index (χ3v) is 4.08. The molecule has 2 aliphatic rings. The first-order chi connectivity index (χ1) is 9.52. The number of ether oxygens (including phenoxy) is 2. The van der Waals surface area contributed by atoms with Crippen LogP contribution in [-0.4, -0.2) is 86.2 Å². The van der Waals surface area contributed by atoms with Gasteiger partial charge in [-0.15, -0.1) is 0 Å². The van der Waals surface area contributed by atoms with Crippen molar-refractivity contribution in [2.45, 2.75) is 38.6 Å². The van der Waals surface area contributed by atoms with Gasteiger partial charge in [0.2, 0.25) is 0 Å². The van der Waals surface area contributed by atoms with Crippen LogP contribution in [0.2, 0.25) is 0 Å². The van der Waals surface area contributed by atoms with Crippen molar-refractivity contribution in [1.29, 1.82) is 0 Å². The van der Waals surface area contributed by atoms with Crippen LogP contribution < -0.4 is 0 Å². The highest BCUT2D eigenvalue weighted by atomic mass is 16.5. The molecule has 5 nitrogen and oxygen atoms in total. The van der Waals surface area contributed by atoms with Crippen LogP contribution in [0.1, 0.15) is 20.3 Å². The average Bonchev–Trinajstić information content (AvgIpc) is 2.79. The predicted octanol–water partition coefficient (Wildman–Crippen LogP) is 0.425. The first-order valence-electron chi connectivity index (χ1n) is 7.85. The van der Waals surface area contributed by atoms with E-state index in [1.165, 1.54) is 0 Å². The molecule has 2 fully saturated rings. The Morgan fingerprint density at radius 1 is 1.30 bits per heavy atom. The zero-order valence-electron chi connectivity index (χ0n) is 13.1. The molecule has 118 valence electrons. The van der Waals surface area contributed by atoms with Gasteiger partial charge in [0.15, 0.2) is 0 Å². The number of hydrogen-bond acceptors (Lipinski definition) is 5. The summed E-state index contributed by atoms with van der Waals surface area (Å²) in [5.74, 6) is 0.635. The van der Waals surface area contributed by atoms with Crippen LogP contribution >= 0.6 is 0 Å². The molecule has 2 saturated heterocycles. The number of nitrogens with zero attached hydrogens (tertiary/aromatic N) is 2. The molecule has 0 aliphatic carbocycles. The Morgan fingerprint density at radius 3 is 2.60 bits per heavy atom. The quantitative estimate of drug-likeness (QED) is 0.767. The molecule has 0 aromatic carbocycles. The van der Waals surface area contributed by atoms with Gasteiger partial charge in [-0.1, -0.05) is 0 Å². The number of aliphatic hydroxyl groups is 1. The summed E-state index contributed by atoms with van der Waals surface area (Å²) >= 11 is 0. The van der Waals surface area contributed by atoms with Crippen LogP contribution in [0.5, 0.6) is 0 Å². The molecule has 0 aromatic rings. The highest BCUT2D eigenvalue weighted by Gasteiger charge is 2.25. The zero-order chi connectivity index (χ0) is 14.5. The Bertz CT molecular complexity index is 274. The summed E-state index contributed by atoms with van der Waals surface area (Å²) in [6.45, 7) is 10.3. The molecule has 0 spiro atoms. The second-order valence-electron chi connectivity index (χ2n) is 6.58. The van der Waals surface area contributed by atoms with Gasteiger partial charge in [0.25, 0.3) is 0 Å². The summed E-state index contributed by atoms with van der Waals surface area (Å²) in [6, 6.07) is 0. The van der Waals surface area contributed by atoms with Gasteiger partial charge in [-0.05, 0) is 33.2 Å². The Hall–Kier alpha value is -0.200. The highest BCUT2D eigenvalue weighted by molar-refractivity contribution is 4.77. The average molecular weight is 286 g/mol. The van der Waals surface area contributed by atoms with Gasteiger partial charge in [-0.2, -0.15) is 0 Å². The first-order valence-corrected chi connectivity index (χ1v) is 7.85. The van der Waals surface area contributed by atoms with Gasteiger partial charge >= 0.3 is 0 Å². The third-order valence-electron chi connectivity index (χ3n) is 4.08. The number of aliphatic hydroxyl groups excluding tert-OH is 1. The largest absolute Gasteiger partial charge is 0.390 e. The van der Waals surface area contributed by atoms with Gasteiger partial charge in [0, 0.05) is 39.3 Å². The topological polar surface area (TPSA) is 45.2 Å². The maximum Gasteiger partial charge on any atom is 0.0793 e. The molecule has 2 heterocycles. The monoisotopic (exact) mass is 286 g/mol. The number of rotatable bonds is 6. The number of likely N-dealkylation sites (N-methyl/N-ethyl adjacent to an activating group) is 1. The molecule has 0 aromatic heterocycles. The lowest BCUT2D eigenvalue weighted by Crippen LogP contribution is -2.49. The van der Waals surface area contributed by atoms with E-state index in [2.05, 4.69) is 30.7 Å². The van der Waals surface area contributed by atoms with Crippen molar-refractivity contribution < 1.29 is 14.6 Å². The summed E-state index contributed by atoms with van der Waals surface area (Å²) in [5.41, 5.74) is 0. The molecule has 0 saturated carbocycles. The van der Waals surface area contributed by atoms with Crippen molar-refractivity contribution >= 4 is 0 Å². The van der Waals surface area contributed by atoms with E-state index >= 15 is 0 Å². The van der Waals surface area contributed by atoms with E-state index in [4.69, 9.17) is 9.47 Å². The smallest absolute Gasteiger partial charge is 0.0793 e. The van der Waals surface area contributed by atoms with E-state index in [1.54, 1.807) is 0 Å². The molecule has 4 atom stereocenters. The molecular weight excluding hydrogens is 256 g/mol. The normalized spacial score (nSPS) is 33.8. The number of hydrogen-bond donors (Lipinski definition) is 1. The molecular formula is C15H30N2O3. The van der Waals surface area contributed by atoms with Crippen molar-refractivity contribution in [2.75, 3.05) is 53.0 Å². The van der Waals surface area contributed by atoms with E-state index in [1.807, 2.05) is 0 Å². The standard InChI is InChI=1S/C15H30N2O3/c1-12-6-17(7-13(2)20-12)10-15(18)9-16(3)8-14-4-5-19-11-14/h12-15,18H,4-11H2,1-3H3. The van der Waals surface area contributed by atoms with E-state index in [9.17, 15) is 5.11 Å². The Labute approximate surface area is 122 Å². The van der Waals surface area contributed by atoms with Gasteiger partial charge in [0.05, 0.1) is 24.9 Å². The molecule has 4 unspecified atom stereocenters. The van der Waals surface area contributed by atoms with Crippen LogP contribution in [0.4, 0.5) is 0 Å². The minimum atomic E-state index is -0.292. The Kier molecular flexibility index (Phi) is 6.23. The molecule has 1 N–H and O–H groups in total. The zero-order valence-corrected chi connectivity index (χ0v) is 13.1. The lowest BCUT2D eigenvalue weighted by molar-refractivity contribution is -0.0778. The molecule has 2 aliphatic heterocycles. The second-order valence-corrected chi connectivity index (χ2v) is 6.58. The summed E-state index contributed by atoms with van der Waals surface area (Å²) < 4.78 is 11.1. The summed E-state index contributed by atoms with van der Waals surface area (Å²) in [4.78, 5) is 4.55. The SMILES string of the molecule is CC1CN(CC(O)CN(C)CC2CCOC2)CC(C)O1. The molecule has 0 radical (unpaired) electrons. The Morgan fingerprint density at radius 2 is 2.00 bits per heavy atom. The van der Waals surface area contributed by atoms with Gasteiger partial charge < -0.3 is 19.5 Å². The fraction of sp³-hybridized carbons (Fsp3) is 1.00. The van der Waals surface area contributed by atoms with Gasteiger partial charge in [-0.3, -0.25) is 4.90 Å². The van der Waals surface area contributed by atoms with Crippen LogP contribution in [-0.2, 0) is 9.47 Å². The van der Waals surface area contributed by atoms with E-state index < -0.39 is 0 Å². The summed E-state index contributed by atoms with van der Waals surface area (Å²) in [6.07, 6.45) is 1.39. The van der Waals surface area contributed by atoms with E-state index in [0.717, 1.165) is 52.4 Å².